The summed E-state index contributed by atoms with van der Waals surface area (Å²) in [6, 6.07) is 6.69. The third-order valence-corrected chi connectivity index (χ3v) is 7.44. The molecule has 4 amide bonds. The quantitative estimate of drug-likeness (QED) is 0.562. The van der Waals surface area contributed by atoms with Crippen LogP contribution in [-0.4, -0.2) is 48.1 Å². The molecular weight excluding hydrogens is 446 g/mol. The number of carbonyl (C=O) groups is 3. The smallest absolute Gasteiger partial charge is 0.322 e. The minimum atomic E-state index is -0.927. The van der Waals surface area contributed by atoms with Crippen molar-refractivity contribution in [1.29, 1.82) is 0 Å². The van der Waals surface area contributed by atoms with Crippen molar-refractivity contribution in [2.45, 2.75) is 63.8 Å². The van der Waals surface area contributed by atoms with Gasteiger partial charge in [0, 0.05) is 17.8 Å². The summed E-state index contributed by atoms with van der Waals surface area (Å²) in [5.41, 5.74) is 3.95. The van der Waals surface area contributed by atoms with E-state index in [0.717, 1.165) is 36.4 Å². The van der Waals surface area contributed by atoms with Crippen molar-refractivity contribution in [3.8, 4) is 5.82 Å². The van der Waals surface area contributed by atoms with Crippen LogP contribution in [0.1, 0.15) is 73.1 Å². The topological polar surface area (TPSA) is 122 Å². The minimum Gasteiger partial charge on any atom is -0.322 e. The number of hydrazine groups is 1. The van der Waals surface area contributed by atoms with E-state index < -0.39 is 23.4 Å². The number of aromatic nitrogens is 4. The Morgan fingerprint density at radius 1 is 1.17 bits per heavy atom. The SMILES string of the molecule is Cc1nn(-c2ccccn2)c2nc(C3CC3)cc(C(=O)NN3C(=O)NC4(CCC(C)CC4)C3=O)c12. The fourth-order valence-electron chi connectivity index (χ4n) is 5.19. The Kier molecular flexibility index (Phi) is 4.87. The highest BCUT2D eigenvalue weighted by Crippen LogP contribution is 2.41. The zero-order valence-electron chi connectivity index (χ0n) is 19.7. The van der Waals surface area contributed by atoms with E-state index >= 15 is 0 Å². The molecule has 1 aliphatic heterocycles. The van der Waals surface area contributed by atoms with Crippen molar-refractivity contribution in [2.24, 2.45) is 5.92 Å². The molecular formula is C25H27N7O3. The van der Waals surface area contributed by atoms with Crippen molar-refractivity contribution in [3.05, 3.63) is 47.4 Å². The van der Waals surface area contributed by atoms with E-state index in [1.54, 1.807) is 16.9 Å². The van der Waals surface area contributed by atoms with E-state index in [2.05, 4.69) is 27.7 Å². The van der Waals surface area contributed by atoms with Gasteiger partial charge in [-0.2, -0.15) is 14.8 Å². The molecule has 3 aromatic rings. The third kappa shape index (κ3) is 3.55. The Balaban J connectivity index is 1.37. The van der Waals surface area contributed by atoms with Crippen LogP contribution in [0.2, 0.25) is 0 Å². The second-order valence-corrected chi connectivity index (χ2v) is 10.0. The van der Waals surface area contributed by atoms with Crippen molar-refractivity contribution in [2.75, 3.05) is 0 Å². The number of nitrogens with zero attached hydrogens (tertiary/aromatic N) is 5. The van der Waals surface area contributed by atoms with Gasteiger partial charge < -0.3 is 5.32 Å². The highest BCUT2D eigenvalue weighted by atomic mass is 16.2. The number of pyridine rings is 2. The summed E-state index contributed by atoms with van der Waals surface area (Å²) in [6.07, 6.45) is 6.55. The number of fused-ring (bicyclic) bond motifs is 1. The summed E-state index contributed by atoms with van der Waals surface area (Å²) < 4.78 is 1.64. The Hall–Kier alpha value is -3.82. The van der Waals surface area contributed by atoms with Gasteiger partial charge in [0.2, 0.25) is 0 Å². The lowest BCUT2D eigenvalue weighted by Crippen LogP contribution is -2.51. The van der Waals surface area contributed by atoms with Gasteiger partial charge >= 0.3 is 6.03 Å². The van der Waals surface area contributed by atoms with Crippen molar-refractivity contribution >= 4 is 28.9 Å². The van der Waals surface area contributed by atoms with Crippen LogP contribution in [0.3, 0.4) is 0 Å². The molecule has 2 aliphatic carbocycles. The van der Waals surface area contributed by atoms with Gasteiger partial charge in [-0.1, -0.05) is 13.0 Å². The Morgan fingerprint density at radius 2 is 1.94 bits per heavy atom. The van der Waals surface area contributed by atoms with E-state index in [-0.39, 0.29) is 5.92 Å². The number of urea groups is 1. The van der Waals surface area contributed by atoms with Crippen LogP contribution in [0.25, 0.3) is 16.9 Å². The Morgan fingerprint density at radius 3 is 2.63 bits per heavy atom. The maximum Gasteiger partial charge on any atom is 0.344 e. The molecule has 0 atom stereocenters. The number of rotatable bonds is 4. The van der Waals surface area contributed by atoms with Crippen LogP contribution in [0.5, 0.6) is 0 Å². The monoisotopic (exact) mass is 473 g/mol. The number of hydrogen-bond acceptors (Lipinski definition) is 6. The first-order valence-electron chi connectivity index (χ1n) is 12.2. The number of nitrogens with one attached hydrogen (secondary N) is 2. The lowest BCUT2D eigenvalue weighted by Gasteiger charge is -2.33. The van der Waals surface area contributed by atoms with Crippen LogP contribution in [0, 0.1) is 12.8 Å². The van der Waals surface area contributed by atoms with Crippen molar-refractivity contribution < 1.29 is 14.4 Å². The fraction of sp³-hybridized carbons (Fsp3) is 0.440. The molecule has 4 heterocycles. The molecule has 2 saturated carbocycles. The van der Waals surface area contributed by atoms with Gasteiger partial charge in [-0.15, -0.1) is 0 Å². The second kappa shape index (κ2) is 7.86. The van der Waals surface area contributed by atoms with E-state index in [1.807, 2.05) is 25.1 Å². The average molecular weight is 474 g/mol. The van der Waals surface area contributed by atoms with Crippen molar-refractivity contribution in [1.82, 2.24) is 35.5 Å². The minimum absolute atomic E-state index is 0.280. The molecule has 35 heavy (non-hydrogen) atoms. The first kappa shape index (κ1) is 21.7. The number of imide groups is 1. The largest absolute Gasteiger partial charge is 0.344 e. The molecule has 1 spiro atoms. The lowest BCUT2D eigenvalue weighted by molar-refractivity contribution is -0.134. The molecule has 6 rings (SSSR count). The fourth-order valence-corrected chi connectivity index (χ4v) is 5.19. The second-order valence-electron chi connectivity index (χ2n) is 10.0. The predicted molar refractivity (Wildman–Crippen MR) is 127 cm³/mol. The van der Waals surface area contributed by atoms with Gasteiger partial charge in [-0.05, 0) is 69.6 Å². The molecule has 180 valence electrons. The Bertz CT molecular complexity index is 1350. The Labute approximate surface area is 202 Å². The number of amides is 4. The van der Waals surface area contributed by atoms with E-state index in [1.165, 1.54) is 0 Å². The van der Waals surface area contributed by atoms with Gasteiger partial charge in [0.05, 0.1) is 16.6 Å². The zero-order valence-corrected chi connectivity index (χ0v) is 19.7. The summed E-state index contributed by atoms with van der Waals surface area (Å²) in [4.78, 5) is 48.8. The standard InChI is InChI=1S/C25H27N7O3/c1-14-8-10-25(11-9-14)23(34)32(24(35)28-25)30-22(33)17-13-18(16-6-7-16)27-21-20(17)15(2)29-31(21)19-5-3-4-12-26-19/h3-5,12-14,16H,6-11H2,1-2H3,(H,28,35)(H,30,33). The van der Waals surface area contributed by atoms with Crippen LogP contribution < -0.4 is 10.7 Å². The number of aryl methyl sites for hydroxylation is 1. The first-order valence-corrected chi connectivity index (χ1v) is 12.2. The molecule has 10 nitrogen and oxygen atoms in total. The zero-order chi connectivity index (χ0) is 24.3. The maximum atomic E-state index is 13.6. The molecule has 3 aromatic heterocycles. The third-order valence-electron chi connectivity index (χ3n) is 7.44. The van der Waals surface area contributed by atoms with Crippen LogP contribution in [0.4, 0.5) is 4.79 Å². The normalized spacial score (nSPS) is 24.3. The van der Waals surface area contributed by atoms with Gasteiger partial charge in [-0.25, -0.2) is 14.8 Å². The molecule has 0 radical (unpaired) electrons. The number of hydrogen-bond donors (Lipinski definition) is 2. The average Bonchev–Trinajstić information content (AvgIpc) is 3.63. The molecule has 1 saturated heterocycles. The van der Waals surface area contributed by atoms with Gasteiger partial charge in [0.25, 0.3) is 11.8 Å². The van der Waals surface area contributed by atoms with Crippen LogP contribution in [0.15, 0.2) is 30.5 Å². The lowest BCUT2D eigenvalue weighted by atomic mass is 9.77. The predicted octanol–water partition coefficient (Wildman–Crippen LogP) is 3.15. The van der Waals surface area contributed by atoms with E-state index in [0.29, 0.717) is 46.9 Å². The number of carbonyl (C=O) groups excluding carboxylic acids is 3. The summed E-state index contributed by atoms with van der Waals surface area (Å²) in [7, 11) is 0. The molecule has 10 heteroatoms. The molecule has 2 N–H and O–H groups in total. The maximum absolute atomic E-state index is 13.6. The first-order chi connectivity index (χ1) is 16.9. The van der Waals surface area contributed by atoms with E-state index in [9.17, 15) is 14.4 Å². The highest BCUT2D eigenvalue weighted by Gasteiger charge is 2.53. The van der Waals surface area contributed by atoms with Gasteiger partial charge in [-0.3, -0.25) is 15.0 Å². The molecule has 0 unspecified atom stereocenters. The summed E-state index contributed by atoms with van der Waals surface area (Å²) in [5.74, 6) is 0.463. The van der Waals surface area contributed by atoms with Gasteiger partial charge in [0.15, 0.2) is 11.5 Å². The van der Waals surface area contributed by atoms with Crippen LogP contribution in [-0.2, 0) is 4.79 Å². The molecule has 0 aromatic carbocycles. The highest BCUT2D eigenvalue weighted by molar-refractivity contribution is 6.12. The van der Waals surface area contributed by atoms with Gasteiger partial charge in [0.1, 0.15) is 5.54 Å². The van der Waals surface area contributed by atoms with Crippen molar-refractivity contribution in [3.63, 3.8) is 0 Å². The summed E-state index contributed by atoms with van der Waals surface area (Å²) in [5, 5.41) is 8.88. The van der Waals surface area contributed by atoms with E-state index in [4.69, 9.17) is 4.98 Å². The van der Waals surface area contributed by atoms with Crippen LogP contribution >= 0.6 is 0 Å². The molecule has 0 bridgehead atoms. The molecule has 3 aliphatic rings. The molecule has 3 fully saturated rings. The summed E-state index contributed by atoms with van der Waals surface area (Å²) >= 11 is 0. The summed E-state index contributed by atoms with van der Waals surface area (Å²) in [6.45, 7) is 3.95.